The number of pyridine rings is 1. The zero-order chi connectivity index (χ0) is 11.7. The van der Waals surface area contributed by atoms with E-state index in [9.17, 15) is 0 Å². The number of rotatable bonds is 2. The van der Waals surface area contributed by atoms with Gasteiger partial charge in [0.1, 0.15) is 5.82 Å². The van der Waals surface area contributed by atoms with E-state index < -0.39 is 0 Å². The highest BCUT2D eigenvalue weighted by Gasteiger charge is 1.99. The summed E-state index contributed by atoms with van der Waals surface area (Å²) in [5, 5.41) is 4.51. The molecular weight excluding hydrogens is 210 g/mol. The van der Waals surface area contributed by atoms with E-state index in [1.165, 1.54) is 10.9 Å². The summed E-state index contributed by atoms with van der Waals surface area (Å²) < 4.78 is 0. The standard InChI is InChI=1S/C14H13N3/c1-10-4-6-16-14(8-10)17-12-3-2-11-5-7-15-13(11)9-12/h2-9,15H,1H3,(H,16,17). The summed E-state index contributed by atoms with van der Waals surface area (Å²) in [4.78, 5) is 7.48. The predicted molar refractivity (Wildman–Crippen MR) is 70.6 cm³/mol. The fraction of sp³-hybridized carbons (Fsp3) is 0.0714. The molecular formula is C14H13N3. The lowest BCUT2D eigenvalue weighted by Gasteiger charge is -2.06. The smallest absolute Gasteiger partial charge is 0.130 e. The van der Waals surface area contributed by atoms with E-state index in [1.54, 1.807) is 0 Å². The lowest BCUT2D eigenvalue weighted by Crippen LogP contribution is -1.93. The van der Waals surface area contributed by atoms with Crippen LogP contribution in [0.3, 0.4) is 0 Å². The number of benzene rings is 1. The number of hydrogen-bond donors (Lipinski definition) is 2. The average molecular weight is 223 g/mol. The van der Waals surface area contributed by atoms with Crippen LogP contribution in [0.4, 0.5) is 11.5 Å². The number of hydrogen-bond acceptors (Lipinski definition) is 2. The molecule has 0 aliphatic carbocycles. The van der Waals surface area contributed by atoms with Crippen molar-refractivity contribution in [2.45, 2.75) is 6.92 Å². The summed E-state index contributed by atoms with van der Waals surface area (Å²) in [6, 6.07) is 12.3. The van der Waals surface area contributed by atoms with Crippen molar-refractivity contribution in [3.05, 3.63) is 54.4 Å². The quantitative estimate of drug-likeness (QED) is 0.696. The summed E-state index contributed by atoms with van der Waals surface area (Å²) in [7, 11) is 0. The van der Waals surface area contributed by atoms with Crippen molar-refractivity contribution < 1.29 is 0 Å². The molecule has 0 unspecified atom stereocenters. The molecule has 17 heavy (non-hydrogen) atoms. The van der Waals surface area contributed by atoms with Gasteiger partial charge in [-0.3, -0.25) is 0 Å². The number of aromatic nitrogens is 2. The Balaban J connectivity index is 1.94. The van der Waals surface area contributed by atoms with E-state index >= 15 is 0 Å². The van der Waals surface area contributed by atoms with Gasteiger partial charge in [0.25, 0.3) is 0 Å². The summed E-state index contributed by atoms with van der Waals surface area (Å²) in [6.07, 6.45) is 3.75. The molecule has 0 radical (unpaired) electrons. The van der Waals surface area contributed by atoms with Gasteiger partial charge in [-0.15, -0.1) is 0 Å². The third kappa shape index (κ3) is 1.99. The van der Waals surface area contributed by atoms with Crippen molar-refractivity contribution in [2.75, 3.05) is 5.32 Å². The molecule has 0 saturated carbocycles. The SMILES string of the molecule is Cc1ccnc(Nc2ccc3cc[nH]c3c2)c1. The normalized spacial score (nSPS) is 10.6. The minimum absolute atomic E-state index is 0.871. The van der Waals surface area contributed by atoms with Crippen LogP contribution in [0.5, 0.6) is 0 Å². The monoisotopic (exact) mass is 223 g/mol. The molecule has 0 saturated heterocycles. The van der Waals surface area contributed by atoms with Gasteiger partial charge in [-0.05, 0) is 48.2 Å². The lowest BCUT2D eigenvalue weighted by atomic mass is 10.2. The molecule has 3 aromatic rings. The van der Waals surface area contributed by atoms with Gasteiger partial charge in [-0.25, -0.2) is 4.98 Å². The largest absolute Gasteiger partial charge is 0.361 e. The minimum Gasteiger partial charge on any atom is -0.361 e. The molecule has 0 amide bonds. The van der Waals surface area contributed by atoms with Crippen molar-refractivity contribution in [1.82, 2.24) is 9.97 Å². The molecule has 84 valence electrons. The van der Waals surface area contributed by atoms with Gasteiger partial charge in [0.15, 0.2) is 0 Å². The average Bonchev–Trinajstić information content (AvgIpc) is 2.76. The van der Waals surface area contributed by atoms with E-state index in [1.807, 2.05) is 24.5 Å². The molecule has 2 heterocycles. The highest BCUT2D eigenvalue weighted by atomic mass is 15.0. The second-order valence-electron chi connectivity index (χ2n) is 4.12. The maximum atomic E-state index is 4.28. The second kappa shape index (κ2) is 3.94. The fourth-order valence-corrected chi connectivity index (χ4v) is 1.88. The van der Waals surface area contributed by atoms with Crippen LogP contribution in [-0.2, 0) is 0 Å². The van der Waals surface area contributed by atoms with E-state index in [2.05, 4.69) is 46.5 Å². The third-order valence-electron chi connectivity index (χ3n) is 2.74. The number of nitrogens with zero attached hydrogens (tertiary/aromatic N) is 1. The first-order valence-corrected chi connectivity index (χ1v) is 5.58. The number of fused-ring (bicyclic) bond motifs is 1. The first kappa shape index (κ1) is 9.90. The van der Waals surface area contributed by atoms with Gasteiger partial charge in [0, 0.05) is 23.6 Å². The molecule has 0 aliphatic rings. The Kier molecular flexibility index (Phi) is 2.29. The molecule has 0 bridgehead atoms. The summed E-state index contributed by atoms with van der Waals surface area (Å²) in [6.45, 7) is 2.06. The zero-order valence-electron chi connectivity index (χ0n) is 9.57. The number of nitrogens with one attached hydrogen (secondary N) is 2. The van der Waals surface area contributed by atoms with E-state index in [-0.39, 0.29) is 0 Å². The molecule has 2 aromatic heterocycles. The molecule has 0 aliphatic heterocycles. The first-order valence-electron chi connectivity index (χ1n) is 5.58. The third-order valence-corrected chi connectivity index (χ3v) is 2.74. The Hall–Kier alpha value is -2.29. The van der Waals surface area contributed by atoms with Gasteiger partial charge >= 0.3 is 0 Å². The molecule has 0 fully saturated rings. The molecule has 3 heteroatoms. The molecule has 2 N–H and O–H groups in total. The summed E-state index contributed by atoms with van der Waals surface area (Å²) in [5.74, 6) is 0.871. The van der Waals surface area contributed by atoms with Crippen molar-refractivity contribution >= 4 is 22.4 Å². The van der Waals surface area contributed by atoms with Crippen LogP contribution in [0.1, 0.15) is 5.56 Å². The Labute approximate surface area is 99.5 Å². The zero-order valence-corrected chi connectivity index (χ0v) is 9.57. The van der Waals surface area contributed by atoms with Crippen LogP contribution in [0.15, 0.2) is 48.8 Å². The fourth-order valence-electron chi connectivity index (χ4n) is 1.88. The van der Waals surface area contributed by atoms with E-state index in [4.69, 9.17) is 0 Å². The number of aryl methyl sites for hydroxylation is 1. The maximum absolute atomic E-state index is 4.28. The second-order valence-corrected chi connectivity index (χ2v) is 4.12. The molecule has 0 atom stereocenters. The Morgan fingerprint density at radius 2 is 2.06 bits per heavy atom. The van der Waals surface area contributed by atoms with Crippen molar-refractivity contribution in [3.8, 4) is 0 Å². The van der Waals surface area contributed by atoms with E-state index in [0.29, 0.717) is 0 Å². The Morgan fingerprint density at radius 1 is 1.12 bits per heavy atom. The van der Waals surface area contributed by atoms with Crippen LogP contribution in [0.25, 0.3) is 10.9 Å². The van der Waals surface area contributed by atoms with Crippen LogP contribution in [-0.4, -0.2) is 9.97 Å². The van der Waals surface area contributed by atoms with Gasteiger partial charge in [-0.1, -0.05) is 6.07 Å². The molecule has 3 rings (SSSR count). The van der Waals surface area contributed by atoms with Crippen molar-refractivity contribution in [2.24, 2.45) is 0 Å². The number of aromatic amines is 1. The first-order chi connectivity index (χ1) is 8.31. The highest BCUT2D eigenvalue weighted by Crippen LogP contribution is 2.20. The number of H-pyrrole nitrogens is 1. The topological polar surface area (TPSA) is 40.7 Å². The van der Waals surface area contributed by atoms with Crippen LogP contribution >= 0.6 is 0 Å². The Bertz CT molecular complexity index is 655. The van der Waals surface area contributed by atoms with Crippen LogP contribution in [0.2, 0.25) is 0 Å². The van der Waals surface area contributed by atoms with Gasteiger partial charge in [0.2, 0.25) is 0 Å². The minimum atomic E-state index is 0.871. The lowest BCUT2D eigenvalue weighted by molar-refractivity contribution is 1.27. The molecule has 3 nitrogen and oxygen atoms in total. The predicted octanol–water partition coefficient (Wildman–Crippen LogP) is 3.61. The highest BCUT2D eigenvalue weighted by molar-refractivity contribution is 5.83. The Morgan fingerprint density at radius 3 is 2.94 bits per heavy atom. The van der Waals surface area contributed by atoms with Gasteiger partial charge in [0.05, 0.1) is 0 Å². The summed E-state index contributed by atoms with van der Waals surface area (Å²) in [5.41, 5.74) is 3.36. The summed E-state index contributed by atoms with van der Waals surface area (Å²) >= 11 is 0. The maximum Gasteiger partial charge on any atom is 0.130 e. The van der Waals surface area contributed by atoms with Gasteiger partial charge in [-0.2, -0.15) is 0 Å². The van der Waals surface area contributed by atoms with E-state index in [0.717, 1.165) is 17.0 Å². The molecule has 0 spiro atoms. The number of anilines is 2. The van der Waals surface area contributed by atoms with Crippen LogP contribution in [0, 0.1) is 6.92 Å². The van der Waals surface area contributed by atoms with Crippen LogP contribution < -0.4 is 5.32 Å². The molecule has 1 aromatic carbocycles. The van der Waals surface area contributed by atoms with Gasteiger partial charge < -0.3 is 10.3 Å². The van der Waals surface area contributed by atoms with Crippen molar-refractivity contribution in [1.29, 1.82) is 0 Å². The van der Waals surface area contributed by atoms with Crippen molar-refractivity contribution in [3.63, 3.8) is 0 Å².